The Morgan fingerprint density at radius 3 is 2.80 bits per heavy atom. The minimum absolute atomic E-state index is 0.888. The first-order valence-corrected chi connectivity index (χ1v) is 6.87. The number of nitrogens with one attached hydrogen (secondary N) is 1. The van der Waals surface area contributed by atoms with Gasteiger partial charge in [-0.2, -0.15) is 0 Å². The first kappa shape index (κ1) is 12.8. The molecule has 0 saturated heterocycles. The molecule has 0 aliphatic heterocycles. The summed E-state index contributed by atoms with van der Waals surface area (Å²) in [6.07, 6.45) is 1.84. The van der Waals surface area contributed by atoms with Crippen LogP contribution < -0.4 is 5.32 Å². The van der Waals surface area contributed by atoms with Crippen LogP contribution >= 0.6 is 0 Å². The topological polar surface area (TPSA) is 24.9 Å². The molecule has 0 saturated carbocycles. The second kappa shape index (κ2) is 5.43. The molecule has 0 bridgehead atoms. The number of aromatic nitrogens is 1. The Hall–Kier alpha value is -2.19. The number of pyridine rings is 1. The van der Waals surface area contributed by atoms with Gasteiger partial charge < -0.3 is 5.32 Å². The fraction of sp³-hybridized carbons (Fsp3) is 0.167. The molecule has 0 radical (unpaired) electrons. The van der Waals surface area contributed by atoms with Crippen LogP contribution in [-0.4, -0.2) is 12.0 Å². The predicted octanol–water partition coefficient (Wildman–Crippen LogP) is 3.93. The lowest BCUT2D eigenvalue weighted by atomic mass is 9.97. The van der Waals surface area contributed by atoms with Crippen LogP contribution in [0.3, 0.4) is 0 Å². The summed E-state index contributed by atoms with van der Waals surface area (Å²) in [6.45, 7) is 3.04. The molecule has 0 unspecified atom stereocenters. The standard InChI is InChI=1S/C18H18N2/c1-13-5-6-14(12-19-2)10-17(13)16-8-7-15-4-3-9-20-18(15)11-16/h3-11,19H,12H2,1-2H3. The summed E-state index contributed by atoms with van der Waals surface area (Å²) < 4.78 is 0. The zero-order valence-electron chi connectivity index (χ0n) is 11.9. The van der Waals surface area contributed by atoms with Gasteiger partial charge in [-0.25, -0.2) is 0 Å². The van der Waals surface area contributed by atoms with E-state index in [0.717, 1.165) is 12.1 Å². The lowest BCUT2D eigenvalue weighted by Crippen LogP contribution is -2.05. The van der Waals surface area contributed by atoms with Crippen molar-refractivity contribution in [2.45, 2.75) is 13.5 Å². The molecule has 1 heterocycles. The van der Waals surface area contributed by atoms with Crippen molar-refractivity contribution < 1.29 is 0 Å². The van der Waals surface area contributed by atoms with Crippen molar-refractivity contribution >= 4 is 10.9 Å². The third kappa shape index (κ3) is 2.43. The van der Waals surface area contributed by atoms with Crippen molar-refractivity contribution in [3.8, 4) is 11.1 Å². The van der Waals surface area contributed by atoms with E-state index in [2.05, 4.69) is 59.7 Å². The normalized spacial score (nSPS) is 10.9. The maximum Gasteiger partial charge on any atom is 0.0708 e. The molecule has 2 aromatic carbocycles. The van der Waals surface area contributed by atoms with Gasteiger partial charge in [-0.3, -0.25) is 4.98 Å². The van der Waals surface area contributed by atoms with Crippen molar-refractivity contribution in [3.05, 3.63) is 65.9 Å². The Morgan fingerprint density at radius 1 is 1.05 bits per heavy atom. The molecule has 100 valence electrons. The van der Waals surface area contributed by atoms with Gasteiger partial charge >= 0.3 is 0 Å². The van der Waals surface area contributed by atoms with Crippen LogP contribution in [0.5, 0.6) is 0 Å². The van der Waals surface area contributed by atoms with Crippen LogP contribution in [0.15, 0.2) is 54.7 Å². The molecule has 2 nitrogen and oxygen atoms in total. The molecule has 2 heteroatoms. The van der Waals surface area contributed by atoms with Gasteiger partial charge in [0.25, 0.3) is 0 Å². The number of aryl methyl sites for hydroxylation is 1. The number of hydrogen-bond donors (Lipinski definition) is 1. The van der Waals surface area contributed by atoms with Gasteiger partial charge in [0.05, 0.1) is 5.52 Å². The minimum Gasteiger partial charge on any atom is -0.316 e. The molecule has 0 aliphatic rings. The Bertz CT molecular complexity index is 747. The Balaban J connectivity index is 2.12. The van der Waals surface area contributed by atoms with Gasteiger partial charge in [0, 0.05) is 18.1 Å². The van der Waals surface area contributed by atoms with Crippen molar-refractivity contribution in [1.82, 2.24) is 10.3 Å². The molecular weight excluding hydrogens is 244 g/mol. The van der Waals surface area contributed by atoms with E-state index in [0.29, 0.717) is 0 Å². The molecular formula is C18H18N2. The number of nitrogens with zero attached hydrogens (tertiary/aromatic N) is 1. The van der Waals surface area contributed by atoms with Crippen molar-refractivity contribution in [2.75, 3.05) is 7.05 Å². The highest BCUT2D eigenvalue weighted by atomic mass is 14.8. The van der Waals surface area contributed by atoms with Gasteiger partial charge in [0.15, 0.2) is 0 Å². The van der Waals surface area contributed by atoms with E-state index in [1.165, 1.54) is 27.6 Å². The van der Waals surface area contributed by atoms with Gasteiger partial charge in [-0.05, 0) is 54.4 Å². The Kier molecular flexibility index (Phi) is 3.48. The molecule has 1 aromatic heterocycles. The minimum atomic E-state index is 0.888. The fourth-order valence-electron chi connectivity index (χ4n) is 2.53. The van der Waals surface area contributed by atoms with E-state index >= 15 is 0 Å². The van der Waals surface area contributed by atoms with Crippen molar-refractivity contribution in [1.29, 1.82) is 0 Å². The van der Waals surface area contributed by atoms with Crippen LogP contribution in [0.25, 0.3) is 22.0 Å². The summed E-state index contributed by atoms with van der Waals surface area (Å²) in [5.74, 6) is 0. The monoisotopic (exact) mass is 262 g/mol. The maximum atomic E-state index is 4.44. The Morgan fingerprint density at radius 2 is 1.95 bits per heavy atom. The van der Waals surface area contributed by atoms with E-state index in [4.69, 9.17) is 0 Å². The van der Waals surface area contributed by atoms with Gasteiger partial charge in [-0.15, -0.1) is 0 Å². The highest BCUT2D eigenvalue weighted by Crippen LogP contribution is 2.27. The highest BCUT2D eigenvalue weighted by Gasteiger charge is 2.05. The average Bonchev–Trinajstić information content (AvgIpc) is 2.49. The number of rotatable bonds is 3. The lowest BCUT2D eigenvalue weighted by molar-refractivity contribution is 0.818. The summed E-state index contributed by atoms with van der Waals surface area (Å²) in [4.78, 5) is 4.44. The third-order valence-electron chi connectivity index (χ3n) is 3.60. The summed E-state index contributed by atoms with van der Waals surface area (Å²) in [5.41, 5.74) is 6.15. The van der Waals surface area contributed by atoms with E-state index in [9.17, 15) is 0 Å². The molecule has 3 aromatic rings. The molecule has 3 rings (SSSR count). The van der Waals surface area contributed by atoms with Crippen LogP contribution in [0.2, 0.25) is 0 Å². The quantitative estimate of drug-likeness (QED) is 0.773. The summed E-state index contributed by atoms with van der Waals surface area (Å²) >= 11 is 0. The maximum absolute atomic E-state index is 4.44. The molecule has 0 spiro atoms. The lowest BCUT2D eigenvalue weighted by Gasteiger charge is -2.10. The van der Waals surface area contributed by atoms with Crippen LogP contribution in [0, 0.1) is 6.92 Å². The zero-order chi connectivity index (χ0) is 13.9. The van der Waals surface area contributed by atoms with Crippen LogP contribution in [0.4, 0.5) is 0 Å². The van der Waals surface area contributed by atoms with Crippen LogP contribution in [0.1, 0.15) is 11.1 Å². The van der Waals surface area contributed by atoms with Crippen molar-refractivity contribution in [2.24, 2.45) is 0 Å². The summed E-state index contributed by atoms with van der Waals surface area (Å²) in [6, 6.07) is 17.2. The van der Waals surface area contributed by atoms with E-state index < -0.39 is 0 Å². The predicted molar refractivity (Wildman–Crippen MR) is 84.7 cm³/mol. The van der Waals surface area contributed by atoms with Crippen molar-refractivity contribution in [3.63, 3.8) is 0 Å². The molecule has 0 atom stereocenters. The molecule has 0 aliphatic carbocycles. The van der Waals surface area contributed by atoms with E-state index in [-0.39, 0.29) is 0 Å². The first-order valence-electron chi connectivity index (χ1n) is 6.87. The number of benzene rings is 2. The molecule has 0 fully saturated rings. The van der Waals surface area contributed by atoms with E-state index in [1.807, 2.05) is 19.3 Å². The van der Waals surface area contributed by atoms with Gasteiger partial charge in [0.2, 0.25) is 0 Å². The number of fused-ring (bicyclic) bond motifs is 1. The smallest absolute Gasteiger partial charge is 0.0708 e. The largest absolute Gasteiger partial charge is 0.316 e. The molecule has 20 heavy (non-hydrogen) atoms. The fourth-order valence-corrected chi connectivity index (χ4v) is 2.53. The number of hydrogen-bond acceptors (Lipinski definition) is 2. The Labute approximate surface area is 119 Å². The van der Waals surface area contributed by atoms with Gasteiger partial charge in [0.1, 0.15) is 0 Å². The third-order valence-corrected chi connectivity index (χ3v) is 3.60. The zero-order valence-corrected chi connectivity index (χ0v) is 11.9. The van der Waals surface area contributed by atoms with E-state index in [1.54, 1.807) is 0 Å². The second-order valence-corrected chi connectivity index (χ2v) is 5.09. The van der Waals surface area contributed by atoms with Crippen LogP contribution in [-0.2, 0) is 6.54 Å². The summed E-state index contributed by atoms with van der Waals surface area (Å²) in [5, 5.41) is 4.38. The summed E-state index contributed by atoms with van der Waals surface area (Å²) in [7, 11) is 1.97. The first-order chi connectivity index (χ1) is 9.78. The van der Waals surface area contributed by atoms with Gasteiger partial charge in [-0.1, -0.05) is 30.3 Å². The molecule has 0 amide bonds. The second-order valence-electron chi connectivity index (χ2n) is 5.09. The molecule has 1 N–H and O–H groups in total. The average molecular weight is 262 g/mol. The SMILES string of the molecule is CNCc1ccc(C)c(-c2ccc3cccnc3c2)c1. The highest BCUT2D eigenvalue weighted by molar-refractivity contribution is 5.84.